The molecule has 210 valence electrons. The van der Waals surface area contributed by atoms with Gasteiger partial charge in [-0.15, -0.1) is 24.5 Å². The number of halogens is 3. The molecule has 2 N–H and O–H groups in total. The summed E-state index contributed by atoms with van der Waals surface area (Å²) >= 11 is 1.02. The zero-order valence-electron chi connectivity index (χ0n) is 21.7. The molecular formula is C30H19F3N4O4S. The third-order valence-corrected chi connectivity index (χ3v) is 7.58. The molecule has 0 spiro atoms. The van der Waals surface area contributed by atoms with E-state index in [1.54, 1.807) is 0 Å². The Morgan fingerprint density at radius 3 is 2.36 bits per heavy atom. The predicted octanol–water partition coefficient (Wildman–Crippen LogP) is 5.99. The number of alkyl halides is 3. The molecule has 6 aromatic rings. The first-order valence-electron chi connectivity index (χ1n) is 12.4. The molecule has 0 radical (unpaired) electrons. The van der Waals surface area contributed by atoms with Crippen LogP contribution in [0.25, 0.3) is 38.3 Å². The molecule has 42 heavy (non-hydrogen) atoms. The van der Waals surface area contributed by atoms with Crippen LogP contribution in [0.15, 0.2) is 89.5 Å². The lowest BCUT2D eigenvalue weighted by atomic mass is 9.98. The molecule has 0 aliphatic rings. The Kier molecular flexibility index (Phi) is 6.62. The summed E-state index contributed by atoms with van der Waals surface area (Å²) in [5, 5.41) is 16.9. The van der Waals surface area contributed by atoms with Crippen LogP contribution in [0, 0.1) is 6.92 Å². The number of fused-ring (bicyclic) bond motifs is 1. The molecule has 0 unspecified atom stereocenters. The molecule has 12 heteroatoms. The predicted molar refractivity (Wildman–Crippen MR) is 147 cm³/mol. The number of carbonyl (C=O) groups is 1. The van der Waals surface area contributed by atoms with Gasteiger partial charge < -0.3 is 20.1 Å². The molecule has 0 saturated carbocycles. The maximum atomic E-state index is 13.8. The number of benzene rings is 3. The third kappa shape index (κ3) is 5.03. The van der Waals surface area contributed by atoms with E-state index in [4.69, 9.17) is 15.2 Å². The molecule has 0 fully saturated rings. The number of nitrogens with two attached hydrogens (primary N) is 1. The van der Waals surface area contributed by atoms with Gasteiger partial charge in [-0.25, -0.2) is 4.98 Å². The minimum atomic E-state index is -4.88. The van der Waals surface area contributed by atoms with Crippen molar-refractivity contribution >= 4 is 33.0 Å². The number of carbonyl (C=O) groups excluding carboxylic acids is 1. The molecule has 3 heterocycles. The van der Waals surface area contributed by atoms with Crippen molar-refractivity contribution in [1.82, 2.24) is 10.3 Å². The summed E-state index contributed by atoms with van der Waals surface area (Å²) in [5.41, 5.74) is 10.6. The second-order valence-electron chi connectivity index (χ2n) is 9.30. The second-order valence-corrected chi connectivity index (χ2v) is 10.3. The maximum absolute atomic E-state index is 13.8. The van der Waals surface area contributed by atoms with E-state index in [0.29, 0.717) is 15.9 Å². The van der Waals surface area contributed by atoms with Crippen molar-refractivity contribution in [3.05, 3.63) is 101 Å². The average molecular weight is 589 g/mol. The molecule has 3 aromatic carbocycles. The van der Waals surface area contributed by atoms with Crippen molar-refractivity contribution in [2.75, 3.05) is 5.73 Å². The van der Waals surface area contributed by atoms with Gasteiger partial charge in [0.15, 0.2) is 5.95 Å². The van der Waals surface area contributed by atoms with Crippen LogP contribution in [-0.4, -0.2) is 22.4 Å². The molecule has 0 bridgehead atoms. The smallest absolute Gasteiger partial charge is 0.539 e. The minimum Gasteiger partial charge on any atom is -0.539 e. The van der Waals surface area contributed by atoms with Crippen LogP contribution in [0.2, 0.25) is 0 Å². The van der Waals surface area contributed by atoms with Gasteiger partial charge >= 0.3 is 12.1 Å². The van der Waals surface area contributed by atoms with Gasteiger partial charge in [-0.05, 0) is 40.9 Å². The Morgan fingerprint density at radius 2 is 1.69 bits per heavy atom. The van der Waals surface area contributed by atoms with Gasteiger partial charge in [-0.3, -0.25) is 4.79 Å². The van der Waals surface area contributed by atoms with Crippen molar-refractivity contribution < 1.29 is 37.0 Å². The summed E-state index contributed by atoms with van der Waals surface area (Å²) in [5.74, 6) is -2.29. The van der Waals surface area contributed by atoms with Crippen LogP contribution in [0.4, 0.5) is 18.9 Å². The molecule has 8 nitrogen and oxygen atoms in total. The van der Waals surface area contributed by atoms with Gasteiger partial charge in [-0.1, -0.05) is 60.2 Å². The minimum absolute atomic E-state index is 0.0437. The van der Waals surface area contributed by atoms with Crippen molar-refractivity contribution in [2.24, 2.45) is 0 Å². The summed E-state index contributed by atoms with van der Waals surface area (Å²) in [6.45, 7) is 1.97. The number of ketones is 1. The molecule has 0 amide bonds. The number of rotatable bonds is 6. The van der Waals surface area contributed by atoms with E-state index in [0.717, 1.165) is 50.4 Å². The van der Waals surface area contributed by atoms with Crippen LogP contribution >= 0.6 is 11.3 Å². The van der Waals surface area contributed by atoms with Crippen molar-refractivity contribution in [2.45, 2.75) is 13.3 Å². The van der Waals surface area contributed by atoms with Gasteiger partial charge in [0, 0.05) is 23.1 Å². The van der Waals surface area contributed by atoms with E-state index in [9.17, 15) is 23.1 Å². The van der Waals surface area contributed by atoms with E-state index >= 15 is 0 Å². The van der Waals surface area contributed by atoms with Crippen LogP contribution in [0.1, 0.15) is 20.9 Å². The monoisotopic (exact) mass is 588 g/mol. The van der Waals surface area contributed by atoms with Crippen molar-refractivity contribution in [3.8, 4) is 39.8 Å². The van der Waals surface area contributed by atoms with Gasteiger partial charge in [-0.2, -0.15) is 0 Å². The number of nitrogen functional groups attached to an aromatic ring is 1. The van der Waals surface area contributed by atoms with E-state index in [1.807, 2.05) is 67.6 Å². The van der Waals surface area contributed by atoms with Crippen LogP contribution in [0.3, 0.4) is 0 Å². The fourth-order valence-corrected chi connectivity index (χ4v) is 5.58. The fourth-order valence-electron chi connectivity index (χ4n) is 4.52. The lowest BCUT2D eigenvalue weighted by Gasteiger charge is -2.09. The van der Waals surface area contributed by atoms with Crippen LogP contribution in [0.5, 0.6) is 11.7 Å². The van der Waals surface area contributed by atoms with Gasteiger partial charge in [0.25, 0.3) is 5.78 Å². The topological polar surface area (TPSA) is 118 Å². The number of thiophene rings is 1. The lowest BCUT2D eigenvalue weighted by molar-refractivity contribution is -0.672. The van der Waals surface area contributed by atoms with Crippen molar-refractivity contribution in [1.29, 1.82) is 0 Å². The first-order chi connectivity index (χ1) is 20.1. The summed E-state index contributed by atoms with van der Waals surface area (Å²) in [6, 6.07) is 23.7. The largest absolute Gasteiger partial charge is 0.573 e. The number of ether oxygens (including phenoxy) is 1. The van der Waals surface area contributed by atoms with E-state index in [1.165, 1.54) is 12.1 Å². The SMILES string of the molecule is Cc1ccc(-c2cc(-c3ccccc3)nc3sc(C(=O)c4c([O-])on[n+]4-c4ccc(OC(F)(F)F)cc4)c(N)c23)cc1. The third-order valence-electron chi connectivity index (χ3n) is 6.48. The average Bonchev–Trinajstić information content (AvgIpc) is 3.52. The zero-order chi connectivity index (χ0) is 29.6. The highest BCUT2D eigenvalue weighted by molar-refractivity contribution is 7.21. The number of hydrogen-bond acceptors (Lipinski definition) is 8. The highest BCUT2D eigenvalue weighted by atomic mass is 32.1. The fraction of sp³-hybridized carbons (Fsp3) is 0.0667. The maximum Gasteiger partial charge on any atom is 0.573 e. The van der Waals surface area contributed by atoms with Gasteiger partial charge in [0.2, 0.25) is 5.69 Å². The number of aryl methyl sites for hydroxylation is 1. The number of anilines is 1. The van der Waals surface area contributed by atoms with Gasteiger partial charge in [0.05, 0.1) is 16.7 Å². The Labute approximate surface area is 240 Å². The highest BCUT2D eigenvalue weighted by Crippen LogP contribution is 2.42. The summed E-state index contributed by atoms with van der Waals surface area (Å²) in [7, 11) is 0. The Balaban J connectivity index is 1.48. The standard InChI is InChI=1S/C30H19F3N4O4S/c1-16-7-9-17(10-8-16)21-15-22(18-5-3-2-4-6-18)35-28-23(21)24(34)27(42-28)26(38)25-29(39)41-36-37(25)19-11-13-20(14-12-19)40-30(31,32)33/h2-15H,1H3,(H2-,34,36,38,39). The summed E-state index contributed by atoms with van der Waals surface area (Å²) in [6.07, 6.45) is -4.88. The quantitative estimate of drug-likeness (QED) is 0.188. The Bertz CT molecular complexity index is 1930. The lowest BCUT2D eigenvalue weighted by Crippen LogP contribution is -2.39. The normalized spacial score (nSPS) is 11.6. The van der Waals surface area contributed by atoms with Crippen molar-refractivity contribution in [3.63, 3.8) is 0 Å². The molecule has 0 atom stereocenters. The molecule has 6 rings (SSSR count). The number of aromatic nitrogens is 3. The molecule has 0 aliphatic heterocycles. The van der Waals surface area contributed by atoms with Gasteiger partial charge in [0.1, 0.15) is 15.5 Å². The number of nitrogens with zero attached hydrogens (tertiary/aromatic N) is 3. The van der Waals surface area contributed by atoms with E-state index in [-0.39, 0.29) is 16.3 Å². The van der Waals surface area contributed by atoms with E-state index < -0.39 is 29.5 Å². The highest BCUT2D eigenvalue weighted by Gasteiger charge is 2.34. The Morgan fingerprint density at radius 1 is 1.00 bits per heavy atom. The molecule has 0 saturated heterocycles. The molecule has 3 aromatic heterocycles. The molecule has 0 aliphatic carbocycles. The first kappa shape index (κ1) is 27.0. The molecular weight excluding hydrogens is 569 g/mol. The van der Waals surface area contributed by atoms with Crippen LogP contribution < -0.4 is 20.3 Å². The Hall–Kier alpha value is -5.23. The number of hydrogen-bond donors (Lipinski definition) is 1. The first-order valence-corrected chi connectivity index (χ1v) is 13.3. The van der Waals surface area contributed by atoms with Crippen LogP contribution in [-0.2, 0) is 0 Å². The van der Waals surface area contributed by atoms with E-state index in [2.05, 4.69) is 10.0 Å². The number of pyridine rings is 1. The summed E-state index contributed by atoms with van der Waals surface area (Å²) < 4.78 is 47.3. The summed E-state index contributed by atoms with van der Waals surface area (Å²) in [4.78, 5) is 19.1. The zero-order valence-corrected chi connectivity index (χ0v) is 22.5. The second kappa shape index (κ2) is 10.3.